The van der Waals surface area contributed by atoms with E-state index >= 15 is 0 Å². The van der Waals surface area contributed by atoms with Gasteiger partial charge in [0.05, 0.1) is 0 Å². The Morgan fingerprint density at radius 1 is 1.12 bits per heavy atom. The molecule has 2 aliphatic carbocycles. The molecule has 0 aromatic heterocycles. The number of carbonyl (C=O) groups is 1. The predicted molar refractivity (Wildman–Crippen MR) is 75.3 cm³/mol. The Hall–Kier alpha value is -1.25. The second-order valence-corrected chi connectivity index (χ2v) is 6.96. The van der Waals surface area contributed by atoms with Crippen LogP contribution in [0.3, 0.4) is 0 Å². The fraction of sp³-hybridized carbons (Fsp3) is 0.812. The van der Waals surface area contributed by atoms with E-state index in [1.54, 1.807) is 6.92 Å². The van der Waals surface area contributed by atoms with E-state index in [4.69, 9.17) is 4.74 Å². The largest absolute Gasteiger partial charge is 0.459 e. The lowest BCUT2D eigenvalue weighted by atomic mass is 9.78. The van der Waals surface area contributed by atoms with E-state index in [0.29, 0.717) is 19.3 Å². The third-order valence-electron chi connectivity index (χ3n) is 5.36. The molecule has 2 fully saturated rings. The summed E-state index contributed by atoms with van der Waals surface area (Å²) in [4.78, 5) is 11.8. The summed E-state index contributed by atoms with van der Waals surface area (Å²) in [6.07, 6.45) is -12.5. The van der Waals surface area contributed by atoms with Crippen molar-refractivity contribution in [1.29, 1.82) is 0 Å². The van der Waals surface area contributed by atoms with Gasteiger partial charge in [0, 0.05) is 5.57 Å². The van der Waals surface area contributed by atoms with E-state index in [0.717, 1.165) is 0 Å². The SMILES string of the molecule is C=C(CC)C(=O)OC1CC2CC(CC(O)(C(F)(F)F)C(F)(F)F)C1C2. The van der Waals surface area contributed by atoms with Crippen molar-refractivity contribution in [2.75, 3.05) is 0 Å². The highest BCUT2D eigenvalue weighted by Crippen LogP contribution is 2.56. The third-order valence-corrected chi connectivity index (χ3v) is 5.36. The molecular formula is C16H20F6O3. The fourth-order valence-corrected chi connectivity index (χ4v) is 3.93. The zero-order valence-corrected chi connectivity index (χ0v) is 13.6. The summed E-state index contributed by atoms with van der Waals surface area (Å²) in [7, 11) is 0. The van der Waals surface area contributed by atoms with Crippen LogP contribution >= 0.6 is 0 Å². The minimum absolute atomic E-state index is 0.103. The normalized spacial score (nSPS) is 29.8. The van der Waals surface area contributed by atoms with Gasteiger partial charge in [-0.05, 0) is 49.9 Å². The van der Waals surface area contributed by atoms with Gasteiger partial charge in [-0.15, -0.1) is 0 Å². The standard InChI is InChI=1S/C16H20F6O3/c1-3-8(2)13(23)25-12-6-9-4-10(11(12)5-9)7-14(24,15(17,18)19)16(20,21)22/h9-12,24H,2-7H2,1H3. The number of fused-ring (bicyclic) bond motifs is 2. The fourth-order valence-electron chi connectivity index (χ4n) is 3.93. The van der Waals surface area contributed by atoms with Gasteiger partial charge in [-0.25, -0.2) is 4.79 Å². The summed E-state index contributed by atoms with van der Waals surface area (Å²) < 4.78 is 82.6. The van der Waals surface area contributed by atoms with E-state index in [-0.39, 0.29) is 17.9 Å². The van der Waals surface area contributed by atoms with Gasteiger partial charge in [0.25, 0.3) is 5.60 Å². The number of hydrogen-bond acceptors (Lipinski definition) is 3. The summed E-state index contributed by atoms with van der Waals surface area (Å²) in [5.41, 5.74) is -4.56. The maximum Gasteiger partial charge on any atom is 0.426 e. The lowest BCUT2D eigenvalue weighted by molar-refractivity contribution is -0.373. The molecular weight excluding hydrogens is 354 g/mol. The topological polar surface area (TPSA) is 46.5 Å². The quantitative estimate of drug-likeness (QED) is 0.447. The number of rotatable bonds is 5. The van der Waals surface area contributed by atoms with Crippen LogP contribution in [0.4, 0.5) is 26.3 Å². The maximum atomic E-state index is 12.9. The van der Waals surface area contributed by atoms with Crippen LogP contribution in [0.15, 0.2) is 12.2 Å². The van der Waals surface area contributed by atoms with Crippen LogP contribution in [-0.2, 0) is 9.53 Å². The van der Waals surface area contributed by atoms with Crippen LogP contribution in [0.25, 0.3) is 0 Å². The molecule has 2 saturated carbocycles. The molecule has 0 heterocycles. The van der Waals surface area contributed by atoms with Gasteiger partial charge in [-0.2, -0.15) is 26.3 Å². The Bertz CT molecular complexity index is 525. The van der Waals surface area contributed by atoms with Crippen molar-refractivity contribution in [3.05, 3.63) is 12.2 Å². The molecule has 0 aromatic rings. The van der Waals surface area contributed by atoms with Crippen LogP contribution in [0.5, 0.6) is 0 Å². The van der Waals surface area contributed by atoms with Gasteiger partial charge in [0.2, 0.25) is 0 Å². The Balaban J connectivity index is 2.13. The highest BCUT2D eigenvalue weighted by atomic mass is 19.4. The van der Waals surface area contributed by atoms with Gasteiger partial charge in [-0.3, -0.25) is 0 Å². The molecule has 0 amide bonds. The second kappa shape index (κ2) is 6.48. The molecule has 3 nitrogen and oxygen atoms in total. The first-order valence-electron chi connectivity index (χ1n) is 8.04. The van der Waals surface area contributed by atoms with E-state index in [2.05, 4.69) is 6.58 Å². The lowest BCUT2D eigenvalue weighted by Crippen LogP contribution is -2.58. The van der Waals surface area contributed by atoms with Crippen LogP contribution in [0.2, 0.25) is 0 Å². The first-order valence-corrected chi connectivity index (χ1v) is 8.04. The smallest absolute Gasteiger partial charge is 0.426 e. The molecule has 144 valence electrons. The molecule has 1 N–H and O–H groups in total. The molecule has 0 saturated heterocycles. The number of ether oxygens (including phenoxy) is 1. The first kappa shape index (κ1) is 20.1. The Morgan fingerprint density at radius 3 is 2.12 bits per heavy atom. The Kier molecular flexibility index (Phi) is 5.20. The monoisotopic (exact) mass is 374 g/mol. The number of alkyl halides is 6. The van der Waals surface area contributed by atoms with E-state index in [9.17, 15) is 36.2 Å². The van der Waals surface area contributed by atoms with Crippen LogP contribution < -0.4 is 0 Å². The molecule has 4 unspecified atom stereocenters. The molecule has 2 bridgehead atoms. The molecule has 25 heavy (non-hydrogen) atoms. The average Bonchev–Trinajstić information content (AvgIpc) is 3.03. The third kappa shape index (κ3) is 3.66. The van der Waals surface area contributed by atoms with Crippen molar-refractivity contribution in [3.63, 3.8) is 0 Å². The van der Waals surface area contributed by atoms with Crippen molar-refractivity contribution in [2.24, 2.45) is 17.8 Å². The number of aliphatic hydroxyl groups is 1. The van der Waals surface area contributed by atoms with Gasteiger partial charge in [0.1, 0.15) is 6.10 Å². The zero-order valence-electron chi connectivity index (χ0n) is 13.6. The van der Waals surface area contributed by atoms with Crippen molar-refractivity contribution in [1.82, 2.24) is 0 Å². The van der Waals surface area contributed by atoms with Gasteiger partial charge in [-0.1, -0.05) is 13.5 Å². The molecule has 9 heteroatoms. The zero-order chi connectivity index (χ0) is 19.2. The van der Waals surface area contributed by atoms with Gasteiger partial charge in [0.15, 0.2) is 0 Å². The van der Waals surface area contributed by atoms with Crippen LogP contribution in [-0.4, -0.2) is 35.1 Å². The minimum atomic E-state index is -5.82. The molecule has 0 radical (unpaired) electrons. The molecule has 2 rings (SSSR count). The number of carbonyl (C=O) groups excluding carboxylic acids is 1. The Morgan fingerprint density at radius 2 is 1.68 bits per heavy atom. The highest BCUT2D eigenvalue weighted by molar-refractivity contribution is 5.87. The molecule has 0 aliphatic heterocycles. The molecule has 2 aliphatic rings. The number of hydrogen-bond donors (Lipinski definition) is 1. The minimum Gasteiger partial charge on any atom is -0.459 e. The average molecular weight is 374 g/mol. The molecule has 4 atom stereocenters. The van der Waals surface area contributed by atoms with Crippen molar-refractivity contribution in [3.8, 4) is 0 Å². The first-order chi connectivity index (χ1) is 11.3. The summed E-state index contributed by atoms with van der Waals surface area (Å²) in [5, 5.41) is 9.40. The predicted octanol–water partition coefficient (Wildman–Crippen LogP) is 4.16. The van der Waals surface area contributed by atoms with Crippen molar-refractivity contribution in [2.45, 2.75) is 63.1 Å². The summed E-state index contributed by atoms with van der Waals surface area (Å²) >= 11 is 0. The van der Waals surface area contributed by atoms with E-state index in [1.165, 1.54) is 0 Å². The van der Waals surface area contributed by atoms with E-state index < -0.39 is 48.3 Å². The summed E-state index contributed by atoms with van der Waals surface area (Å²) in [6.45, 7) is 5.19. The number of halogens is 6. The van der Waals surface area contributed by atoms with Crippen LogP contribution in [0.1, 0.15) is 39.0 Å². The molecule has 0 aromatic carbocycles. The maximum absolute atomic E-state index is 12.9. The summed E-state index contributed by atoms with van der Waals surface area (Å²) in [5.74, 6) is -2.41. The molecule has 0 spiro atoms. The van der Waals surface area contributed by atoms with Gasteiger partial charge >= 0.3 is 18.3 Å². The van der Waals surface area contributed by atoms with Crippen LogP contribution in [0, 0.1) is 17.8 Å². The van der Waals surface area contributed by atoms with Crippen molar-refractivity contribution < 1.29 is 41.0 Å². The highest BCUT2D eigenvalue weighted by Gasteiger charge is 2.71. The Labute approximate surface area is 141 Å². The lowest BCUT2D eigenvalue weighted by Gasteiger charge is -2.38. The van der Waals surface area contributed by atoms with Crippen molar-refractivity contribution >= 4 is 5.97 Å². The van der Waals surface area contributed by atoms with E-state index in [1.807, 2.05) is 0 Å². The second-order valence-electron chi connectivity index (χ2n) is 6.96. The summed E-state index contributed by atoms with van der Waals surface area (Å²) in [6, 6.07) is 0. The van der Waals surface area contributed by atoms with Gasteiger partial charge < -0.3 is 9.84 Å². The number of esters is 1.